The molecule has 0 amide bonds. The number of anilines is 1. The average Bonchev–Trinajstić information content (AvgIpc) is 2.38. The number of halogens is 1. The van der Waals surface area contributed by atoms with Crippen LogP contribution < -0.4 is 9.64 Å². The lowest BCUT2D eigenvalue weighted by molar-refractivity contribution is 0.378. The Hall–Kier alpha value is -0.930. The van der Waals surface area contributed by atoms with Crippen LogP contribution in [-0.4, -0.2) is 62.2 Å². The molecule has 1 aliphatic heterocycles. The molecule has 0 aromatic carbocycles. The molecule has 0 N–H and O–H groups in total. The van der Waals surface area contributed by atoms with Crippen molar-refractivity contribution >= 4 is 31.9 Å². The highest BCUT2D eigenvalue weighted by Crippen LogP contribution is 2.24. The summed E-state index contributed by atoms with van der Waals surface area (Å²) in [6.45, 7) is 2.02. The predicted molar refractivity (Wildman–Crippen MR) is 74.9 cm³/mol. The molecule has 106 valence electrons. The van der Waals surface area contributed by atoms with Crippen LogP contribution in [0.1, 0.15) is 0 Å². The second-order valence-corrected chi connectivity index (χ2v) is 7.01. The van der Waals surface area contributed by atoms with Gasteiger partial charge in [-0.1, -0.05) is 0 Å². The standard InChI is InChI=1S/C10H15BrN4O3S/c1-18-9-8(11)7-12-10(13-9)14-3-5-15(6-4-14)19(2,16)17/h7H,3-6H2,1-2H3. The van der Waals surface area contributed by atoms with Gasteiger partial charge in [0.15, 0.2) is 0 Å². The third kappa shape index (κ3) is 3.34. The Labute approximate surface area is 120 Å². The van der Waals surface area contributed by atoms with E-state index in [-0.39, 0.29) is 0 Å². The molecule has 0 aliphatic carbocycles. The lowest BCUT2D eigenvalue weighted by atomic mass is 10.4. The molecule has 0 saturated carbocycles. The summed E-state index contributed by atoms with van der Waals surface area (Å²) in [6, 6.07) is 0. The van der Waals surface area contributed by atoms with Crippen molar-refractivity contribution in [1.82, 2.24) is 14.3 Å². The molecule has 0 bridgehead atoms. The van der Waals surface area contributed by atoms with Crippen molar-refractivity contribution in [2.24, 2.45) is 0 Å². The van der Waals surface area contributed by atoms with E-state index in [4.69, 9.17) is 4.74 Å². The van der Waals surface area contributed by atoms with E-state index in [0.29, 0.717) is 42.5 Å². The number of rotatable bonds is 3. The summed E-state index contributed by atoms with van der Waals surface area (Å²) < 4.78 is 30.1. The van der Waals surface area contributed by atoms with Crippen molar-refractivity contribution in [2.45, 2.75) is 0 Å². The van der Waals surface area contributed by atoms with E-state index in [2.05, 4.69) is 25.9 Å². The number of piperazine rings is 1. The average molecular weight is 351 g/mol. The highest BCUT2D eigenvalue weighted by molar-refractivity contribution is 9.10. The number of sulfonamides is 1. The Bertz CT molecular complexity index is 558. The fourth-order valence-electron chi connectivity index (χ4n) is 1.86. The van der Waals surface area contributed by atoms with Crippen molar-refractivity contribution in [3.63, 3.8) is 0 Å². The SMILES string of the molecule is COc1nc(N2CCN(S(C)(=O)=O)CC2)ncc1Br. The van der Waals surface area contributed by atoms with Crippen LogP contribution in [0.5, 0.6) is 5.88 Å². The van der Waals surface area contributed by atoms with E-state index < -0.39 is 10.0 Å². The second kappa shape index (κ2) is 5.59. The van der Waals surface area contributed by atoms with Gasteiger partial charge in [0.2, 0.25) is 21.9 Å². The van der Waals surface area contributed by atoms with Crippen molar-refractivity contribution < 1.29 is 13.2 Å². The Morgan fingerprint density at radius 3 is 2.47 bits per heavy atom. The first-order chi connectivity index (χ1) is 8.91. The third-order valence-corrected chi connectivity index (χ3v) is 4.73. The molecule has 19 heavy (non-hydrogen) atoms. The first kappa shape index (κ1) is 14.5. The number of hydrogen-bond acceptors (Lipinski definition) is 6. The lowest BCUT2D eigenvalue weighted by Crippen LogP contribution is -2.48. The number of ether oxygens (including phenoxy) is 1. The minimum atomic E-state index is -3.12. The Morgan fingerprint density at radius 1 is 1.32 bits per heavy atom. The molecule has 9 heteroatoms. The van der Waals surface area contributed by atoms with E-state index in [1.54, 1.807) is 13.3 Å². The highest BCUT2D eigenvalue weighted by Gasteiger charge is 2.25. The highest BCUT2D eigenvalue weighted by atomic mass is 79.9. The van der Waals surface area contributed by atoms with Crippen molar-refractivity contribution in [1.29, 1.82) is 0 Å². The number of hydrogen-bond donors (Lipinski definition) is 0. The molecule has 0 radical (unpaired) electrons. The van der Waals surface area contributed by atoms with Crippen molar-refractivity contribution in [3.05, 3.63) is 10.7 Å². The minimum absolute atomic E-state index is 0.445. The van der Waals surface area contributed by atoms with Crippen LogP contribution in [0.15, 0.2) is 10.7 Å². The molecule has 1 fully saturated rings. The van der Waals surface area contributed by atoms with Gasteiger partial charge in [-0.25, -0.2) is 13.4 Å². The summed E-state index contributed by atoms with van der Waals surface area (Å²) >= 11 is 3.29. The molecule has 1 aromatic rings. The van der Waals surface area contributed by atoms with Crippen LogP contribution >= 0.6 is 15.9 Å². The second-order valence-electron chi connectivity index (χ2n) is 4.18. The van der Waals surface area contributed by atoms with Gasteiger partial charge in [0.25, 0.3) is 0 Å². The van der Waals surface area contributed by atoms with E-state index in [1.165, 1.54) is 10.6 Å². The normalized spacial score (nSPS) is 17.5. The smallest absolute Gasteiger partial charge is 0.232 e. The van der Waals surface area contributed by atoms with Gasteiger partial charge < -0.3 is 9.64 Å². The zero-order chi connectivity index (χ0) is 14.0. The number of methoxy groups -OCH3 is 1. The maximum Gasteiger partial charge on any atom is 0.232 e. The zero-order valence-electron chi connectivity index (χ0n) is 10.7. The molecule has 0 unspecified atom stereocenters. The molecule has 1 saturated heterocycles. The van der Waals surface area contributed by atoms with Gasteiger partial charge in [0.1, 0.15) is 0 Å². The van der Waals surface area contributed by atoms with Gasteiger partial charge >= 0.3 is 0 Å². The lowest BCUT2D eigenvalue weighted by Gasteiger charge is -2.33. The molecule has 0 spiro atoms. The zero-order valence-corrected chi connectivity index (χ0v) is 13.1. The summed E-state index contributed by atoms with van der Waals surface area (Å²) in [7, 11) is -1.58. The van der Waals surface area contributed by atoms with E-state index in [1.807, 2.05) is 4.90 Å². The van der Waals surface area contributed by atoms with Gasteiger partial charge in [0.05, 0.1) is 24.0 Å². The van der Waals surface area contributed by atoms with Gasteiger partial charge in [-0.05, 0) is 15.9 Å². The summed E-state index contributed by atoms with van der Waals surface area (Å²) in [4.78, 5) is 10.4. The molecule has 1 aliphatic rings. The van der Waals surface area contributed by atoms with Crippen LogP contribution in [-0.2, 0) is 10.0 Å². The van der Waals surface area contributed by atoms with Crippen LogP contribution in [0.25, 0.3) is 0 Å². The summed E-state index contributed by atoms with van der Waals surface area (Å²) in [5.74, 6) is 1.02. The van der Waals surface area contributed by atoms with Gasteiger partial charge in [-0.15, -0.1) is 0 Å². The Morgan fingerprint density at radius 2 is 1.95 bits per heavy atom. The van der Waals surface area contributed by atoms with Crippen LogP contribution in [0, 0.1) is 0 Å². The van der Waals surface area contributed by atoms with E-state index in [0.717, 1.165) is 0 Å². The number of aromatic nitrogens is 2. The first-order valence-electron chi connectivity index (χ1n) is 5.68. The predicted octanol–water partition coefficient (Wildman–Crippen LogP) is 0.329. The topological polar surface area (TPSA) is 75.6 Å². The molecular formula is C10H15BrN4O3S. The van der Waals surface area contributed by atoms with Gasteiger partial charge in [-0.2, -0.15) is 9.29 Å². The molecule has 7 nitrogen and oxygen atoms in total. The summed E-state index contributed by atoms with van der Waals surface area (Å²) in [6.07, 6.45) is 2.85. The molecule has 1 aromatic heterocycles. The van der Waals surface area contributed by atoms with Crippen LogP contribution in [0.3, 0.4) is 0 Å². The van der Waals surface area contributed by atoms with Crippen LogP contribution in [0.2, 0.25) is 0 Å². The van der Waals surface area contributed by atoms with E-state index >= 15 is 0 Å². The molecule has 0 atom stereocenters. The Balaban J connectivity index is 2.10. The van der Waals surface area contributed by atoms with Gasteiger partial charge in [-0.3, -0.25) is 0 Å². The summed E-state index contributed by atoms with van der Waals surface area (Å²) in [5.41, 5.74) is 0. The van der Waals surface area contributed by atoms with Crippen LogP contribution in [0.4, 0.5) is 5.95 Å². The fraction of sp³-hybridized carbons (Fsp3) is 0.600. The van der Waals surface area contributed by atoms with E-state index in [9.17, 15) is 8.42 Å². The molecular weight excluding hydrogens is 336 g/mol. The van der Waals surface area contributed by atoms with Gasteiger partial charge in [0, 0.05) is 26.2 Å². The monoisotopic (exact) mass is 350 g/mol. The maximum atomic E-state index is 11.4. The minimum Gasteiger partial charge on any atom is -0.480 e. The summed E-state index contributed by atoms with van der Waals surface area (Å²) in [5, 5.41) is 0. The quantitative estimate of drug-likeness (QED) is 0.781. The third-order valence-electron chi connectivity index (χ3n) is 2.88. The fourth-order valence-corrected chi connectivity index (χ4v) is 3.04. The number of nitrogens with zero attached hydrogens (tertiary/aromatic N) is 4. The Kier molecular flexibility index (Phi) is 4.26. The maximum absolute atomic E-state index is 11.4. The van der Waals surface area contributed by atoms with Crippen molar-refractivity contribution in [3.8, 4) is 5.88 Å². The molecule has 2 rings (SSSR count). The first-order valence-corrected chi connectivity index (χ1v) is 8.32. The largest absolute Gasteiger partial charge is 0.480 e. The van der Waals surface area contributed by atoms with Crippen molar-refractivity contribution in [2.75, 3.05) is 44.4 Å². The molecule has 2 heterocycles.